The van der Waals surface area contributed by atoms with Crippen LogP contribution in [0.3, 0.4) is 0 Å². The summed E-state index contributed by atoms with van der Waals surface area (Å²) < 4.78 is 40.2. The Bertz CT molecular complexity index is 639. The molecule has 1 aromatic carbocycles. The minimum Gasteiger partial charge on any atom is -0.310 e. The molecule has 0 spiro atoms. The Labute approximate surface area is 125 Å². The van der Waals surface area contributed by atoms with E-state index in [1.54, 1.807) is 6.07 Å². The van der Waals surface area contributed by atoms with E-state index in [-0.39, 0.29) is 17.0 Å². The van der Waals surface area contributed by atoms with Gasteiger partial charge in [-0.1, -0.05) is 6.08 Å². The summed E-state index contributed by atoms with van der Waals surface area (Å²) in [4.78, 5) is 0.0273. The van der Waals surface area contributed by atoms with E-state index in [0.717, 1.165) is 12.8 Å². The number of nitrogens with one attached hydrogen (secondary N) is 1. The van der Waals surface area contributed by atoms with Gasteiger partial charge < -0.3 is 5.32 Å². The average Bonchev–Trinajstić information content (AvgIpc) is 3.24. The van der Waals surface area contributed by atoms with Crippen molar-refractivity contribution in [1.82, 2.24) is 9.62 Å². The first-order valence-corrected chi connectivity index (χ1v) is 8.40. The predicted octanol–water partition coefficient (Wildman–Crippen LogP) is 2.19. The van der Waals surface area contributed by atoms with Crippen LogP contribution in [0.1, 0.15) is 24.0 Å². The molecule has 0 radical (unpaired) electrons. The fourth-order valence-electron chi connectivity index (χ4n) is 2.07. The van der Waals surface area contributed by atoms with Crippen LogP contribution in [-0.2, 0) is 16.6 Å². The van der Waals surface area contributed by atoms with Crippen molar-refractivity contribution in [2.24, 2.45) is 0 Å². The summed E-state index contributed by atoms with van der Waals surface area (Å²) in [6.45, 7) is 5.69. The number of hydrogen-bond donors (Lipinski definition) is 1. The smallest absolute Gasteiger partial charge is 0.243 e. The molecule has 1 saturated carbocycles. The zero-order valence-corrected chi connectivity index (χ0v) is 13.2. The van der Waals surface area contributed by atoms with E-state index < -0.39 is 15.8 Å². The first-order chi connectivity index (χ1) is 9.86. The standard InChI is InChI=1S/C15H21FN2O2S/c1-4-7-18(3)21(19,20)15-9-12(8-14(16)11(15)2)10-17-13-5-6-13/h4,8-9,13,17H,1,5-7,10H2,2-3H3. The molecule has 1 aliphatic rings. The summed E-state index contributed by atoms with van der Waals surface area (Å²) in [6.07, 6.45) is 3.75. The van der Waals surface area contributed by atoms with Gasteiger partial charge in [-0.25, -0.2) is 12.8 Å². The Morgan fingerprint density at radius 1 is 1.48 bits per heavy atom. The zero-order valence-electron chi connectivity index (χ0n) is 12.4. The van der Waals surface area contributed by atoms with Crippen molar-refractivity contribution in [3.8, 4) is 0 Å². The van der Waals surface area contributed by atoms with Crippen LogP contribution >= 0.6 is 0 Å². The molecule has 0 amide bonds. The minimum absolute atomic E-state index is 0.0273. The fraction of sp³-hybridized carbons (Fsp3) is 0.467. The van der Waals surface area contributed by atoms with Crippen LogP contribution in [0, 0.1) is 12.7 Å². The monoisotopic (exact) mass is 312 g/mol. The molecule has 0 atom stereocenters. The van der Waals surface area contributed by atoms with Crippen LogP contribution in [0.4, 0.5) is 4.39 Å². The van der Waals surface area contributed by atoms with Gasteiger partial charge in [-0.2, -0.15) is 4.31 Å². The highest BCUT2D eigenvalue weighted by atomic mass is 32.2. The molecule has 0 saturated heterocycles. The first kappa shape index (κ1) is 16.1. The number of nitrogens with zero attached hydrogens (tertiary/aromatic N) is 1. The van der Waals surface area contributed by atoms with E-state index in [1.807, 2.05) is 0 Å². The quantitative estimate of drug-likeness (QED) is 0.785. The average molecular weight is 312 g/mol. The number of benzene rings is 1. The van der Waals surface area contributed by atoms with E-state index in [9.17, 15) is 12.8 Å². The molecule has 21 heavy (non-hydrogen) atoms. The third-order valence-corrected chi connectivity index (χ3v) is 5.55. The van der Waals surface area contributed by atoms with Gasteiger partial charge in [-0.05, 0) is 37.5 Å². The molecule has 1 aliphatic carbocycles. The molecular weight excluding hydrogens is 291 g/mol. The minimum atomic E-state index is -3.71. The summed E-state index contributed by atoms with van der Waals surface area (Å²) in [7, 11) is -2.24. The maximum atomic E-state index is 14.0. The van der Waals surface area contributed by atoms with Gasteiger partial charge in [0.2, 0.25) is 10.0 Å². The van der Waals surface area contributed by atoms with Crippen LogP contribution in [0.2, 0.25) is 0 Å². The van der Waals surface area contributed by atoms with Gasteiger partial charge in [0.25, 0.3) is 0 Å². The second-order valence-corrected chi connectivity index (χ2v) is 7.44. The Morgan fingerprint density at radius 3 is 2.71 bits per heavy atom. The second kappa shape index (κ2) is 6.25. The van der Waals surface area contributed by atoms with E-state index in [4.69, 9.17) is 0 Å². The molecular formula is C15H21FN2O2S. The maximum absolute atomic E-state index is 14.0. The zero-order chi connectivity index (χ0) is 15.6. The van der Waals surface area contributed by atoms with Crippen molar-refractivity contribution < 1.29 is 12.8 Å². The highest BCUT2D eigenvalue weighted by Gasteiger charge is 2.25. The van der Waals surface area contributed by atoms with Crippen molar-refractivity contribution in [2.45, 2.75) is 37.2 Å². The number of hydrogen-bond acceptors (Lipinski definition) is 3. The van der Waals surface area contributed by atoms with Crippen molar-refractivity contribution in [1.29, 1.82) is 0 Å². The molecule has 6 heteroatoms. The lowest BCUT2D eigenvalue weighted by molar-refractivity contribution is 0.496. The van der Waals surface area contributed by atoms with Gasteiger partial charge in [0, 0.05) is 31.7 Å². The van der Waals surface area contributed by atoms with E-state index in [1.165, 1.54) is 30.4 Å². The number of halogens is 1. The lowest BCUT2D eigenvalue weighted by atomic mass is 10.1. The number of likely N-dealkylation sites (N-methyl/N-ethyl adjacent to an activating group) is 1. The third kappa shape index (κ3) is 3.70. The molecule has 2 rings (SSSR count). The van der Waals surface area contributed by atoms with Crippen molar-refractivity contribution in [3.05, 3.63) is 41.7 Å². The van der Waals surface area contributed by atoms with Crippen molar-refractivity contribution in [3.63, 3.8) is 0 Å². The van der Waals surface area contributed by atoms with Crippen LogP contribution in [0.25, 0.3) is 0 Å². The summed E-state index contributed by atoms with van der Waals surface area (Å²) in [5, 5.41) is 3.26. The molecule has 4 nitrogen and oxygen atoms in total. The van der Waals surface area contributed by atoms with Crippen LogP contribution < -0.4 is 5.32 Å². The molecule has 1 aromatic rings. The number of sulfonamides is 1. The van der Waals surface area contributed by atoms with Crippen LogP contribution in [-0.4, -0.2) is 32.4 Å². The number of rotatable bonds is 7. The van der Waals surface area contributed by atoms with Crippen molar-refractivity contribution >= 4 is 10.0 Å². The van der Waals surface area contributed by atoms with Gasteiger partial charge in [0.15, 0.2) is 0 Å². The van der Waals surface area contributed by atoms with Crippen molar-refractivity contribution in [2.75, 3.05) is 13.6 Å². The molecule has 1 N–H and O–H groups in total. The molecule has 0 heterocycles. The largest absolute Gasteiger partial charge is 0.310 e. The predicted molar refractivity (Wildman–Crippen MR) is 81.0 cm³/mol. The molecule has 0 bridgehead atoms. The molecule has 0 aromatic heterocycles. The second-order valence-electron chi connectivity index (χ2n) is 5.43. The maximum Gasteiger partial charge on any atom is 0.243 e. The van der Waals surface area contributed by atoms with Gasteiger partial charge >= 0.3 is 0 Å². The highest BCUT2D eigenvalue weighted by molar-refractivity contribution is 7.89. The highest BCUT2D eigenvalue weighted by Crippen LogP contribution is 2.24. The summed E-state index contributed by atoms with van der Waals surface area (Å²) in [5.41, 5.74) is 0.802. The van der Waals surface area contributed by atoms with E-state index in [2.05, 4.69) is 11.9 Å². The molecule has 0 aliphatic heterocycles. The Balaban J connectivity index is 2.34. The van der Waals surface area contributed by atoms with Gasteiger partial charge in [-0.3, -0.25) is 0 Å². The third-order valence-electron chi connectivity index (χ3n) is 3.60. The summed E-state index contributed by atoms with van der Waals surface area (Å²) >= 11 is 0. The van der Waals surface area contributed by atoms with Crippen LogP contribution in [0.5, 0.6) is 0 Å². The van der Waals surface area contributed by atoms with E-state index >= 15 is 0 Å². The first-order valence-electron chi connectivity index (χ1n) is 6.96. The summed E-state index contributed by atoms with van der Waals surface area (Å²) in [6, 6.07) is 3.44. The lowest BCUT2D eigenvalue weighted by Crippen LogP contribution is -2.28. The molecule has 116 valence electrons. The van der Waals surface area contributed by atoms with Crippen LogP contribution in [0.15, 0.2) is 29.7 Å². The van der Waals surface area contributed by atoms with Gasteiger partial charge in [0.1, 0.15) is 5.82 Å². The topological polar surface area (TPSA) is 49.4 Å². The summed E-state index contributed by atoms with van der Waals surface area (Å²) in [5.74, 6) is -0.490. The van der Waals surface area contributed by atoms with Gasteiger partial charge in [0.05, 0.1) is 4.90 Å². The van der Waals surface area contributed by atoms with Gasteiger partial charge in [-0.15, -0.1) is 6.58 Å². The molecule has 0 unspecified atom stereocenters. The lowest BCUT2D eigenvalue weighted by Gasteiger charge is -2.18. The Kier molecular flexibility index (Phi) is 4.81. The van der Waals surface area contributed by atoms with E-state index in [0.29, 0.717) is 18.2 Å². The Morgan fingerprint density at radius 2 is 2.14 bits per heavy atom. The Hall–Kier alpha value is -1.24. The SMILES string of the molecule is C=CCN(C)S(=O)(=O)c1cc(CNC2CC2)cc(F)c1C. The fourth-order valence-corrected chi connectivity index (χ4v) is 3.50. The molecule has 1 fully saturated rings. The normalized spacial score (nSPS) is 15.4.